The Hall–Kier alpha value is -0.750. The van der Waals surface area contributed by atoms with Crippen molar-refractivity contribution in [3.05, 3.63) is 0 Å². The summed E-state index contributed by atoms with van der Waals surface area (Å²) in [7, 11) is 0. The van der Waals surface area contributed by atoms with Gasteiger partial charge in [0.05, 0.1) is 6.61 Å². The van der Waals surface area contributed by atoms with Gasteiger partial charge >= 0.3 is 0 Å². The van der Waals surface area contributed by atoms with Gasteiger partial charge in [0.15, 0.2) is 0 Å². The van der Waals surface area contributed by atoms with Crippen LogP contribution < -0.4 is 5.32 Å². The van der Waals surface area contributed by atoms with Crippen molar-refractivity contribution in [3.8, 4) is 0 Å². The number of unbranched alkanes of at least 4 members (excludes halogenated alkanes) is 3. The molecular weight excluding hydrogens is 232 g/mol. The number of carbonyl (C=O) groups is 1. The molecule has 1 amide bonds. The van der Waals surface area contributed by atoms with Crippen LogP contribution >= 0.6 is 0 Å². The lowest BCUT2D eigenvalue weighted by Crippen LogP contribution is -2.25. The first-order valence-corrected chi connectivity index (χ1v) is 5.90. The third kappa shape index (κ3) is 13.2. The van der Waals surface area contributed by atoms with Gasteiger partial charge in [-0.2, -0.15) is 0 Å². The predicted octanol–water partition coefficient (Wildman–Crippen LogP) is 1.33. The minimum Gasteiger partial charge on any atom is -0.396 e. The van der Waals surface area contributed by atoms with Gasteiger partial charge in [-0.25, -0.2) is 8.78 Å². The third-order valence-electron chi connectivity index (χ3n) is 2.12. The maximum Gasteiger partial charge on any atom is 0.261 e. The van der Waals surface area contributed by atoms with Gasteiger partial charge < -0.3 is 15.2 Å². The first-order chi connectivity index (χ1) is 8.16. The highest BCUT2D eigenvalue weighted by atomic mass is 19.3. The monoisotopic (exact) mass is 253 g/mol. The van der Waals surface area contributed by atoms with Gasteiger partial charge in [-0.1, -0.05) is 12.8 Å². The molecule has 0 saturated heterocycles. The first kappa shape index (κ1) is 16.2. The van der Waals surface area contributed by atoms with Gasteiger partial charge in [-0.05, 0) is 12.8 Å². The highest BCUT2D eigenvalue weighted by Crippen LogP contribution is 1.98. The minimum atomic E-state index is -2.48. The van der Waals surface area contributed by atoms with E-state index in [0.29, 0.717) is 6.54 Å². The fraction of sp³-hybridized carbons (Fsp3) is 0.909. The van der Waals surface area contributed by atoms with E-state index in [4.69, 9.17) is 5.11 Å². The molecule has 0 radical (unpaired) electrons. The van der Waals surface area contributed by atoms with E-state index in [1.165, 1.54) is 0 Å². The standard InChI is InChI=1S/C11H21F2NO3/c12-10(13)9-17-8-5-11(16)14-6-3-1-2-4-7-15/h10,15H,1-9H2,(H,14,16). The smallest absolute Gasteiger partial charge is 0.261 e. The number of carbonyl (C=O) groups excluding carboxylic acids is 1. The van der Waals surface area contributed by atoms with Crippen molar-refractivity contribution in [2.24, 2.45) is 0 Å². The number of nitrogens with one attached hydrogen (secondary N) is 1. The van der Waals surface area contributed by atoms with Crippen LogP contribution in [-0.2, 0) is 9.53 Å². The van der Waals surface area contributed by atoms with Crippen LogP contribution in [-0.4, -0.2) is 43.8 Å². The lowest BCUT2D eigenvalue weighted by molar-refractivity contribution is -0.122. The summed E-state index contributed by atoms with van der Waals surface area (Å²) in [6, 6.07) is 0. The van der Waals surface area contributed by atoms with E-state index < -0.39 is 13.0 Å². The molecule has 0 aliphatic carbocycles. The molecule has 17 heavy (non-hydrogen) atoms. The molecule has 0 aromatic heterocycles. The molecule has 0 rings (SSSR count). The number of amides is 1. The largest absolute Gasteiger partial charge is 0.396 e. The molecule has 102 valence electrons. The Morgan fingerprint density at radius 1 is 1.24 bits per heavy atom. The molecule has 0 heterocycles. The molecule has 4 nitrogen and oxygen atoms in total. The highest BCUT2D eigenvalue weighted by molar-refractivity contribution is 5.75. The van der Waals surface area contributed by atoms with Crippen LogP contribution in [0.1, 0.15) is 32.1 Å². The molecular formula is C11H21F2NO3. The highest BCUT2D eigenvalue weighted by Gasteiger charge is 2.04. The maximum absolute atomic E-state index is 11.7. The van der Waals surface area contributed by atoms with Gasteiger partial charge in [0.2, 0.25) is 5.91 Å². The van der Waals surface area contributed by atoms with Crippen LogP contribution in [0.4, 0.5) is 8.78 Å². The SMILES string of the molecule is O=C(CCOCC(F)F)NCCCCCCO. The normalized spacial score (nSPS) is 10.8. The molecule has 0 saturated carbocycles. The molecule has 0 aliphatic heterocycles. The van der Waals surface area contributed by atoms with Gasteiger partial charge in [0, 0.05) is 19.6 Å². The van der Waals surface area contributed by atoms with Crippen LogP contribution in [0.25, 0.3) is 0 Å². The Balaban J connectivity index is 3.18. The lowest BCUT2D eigenvalue weighted by atomic mass is 10.2. The number of hydrogen-bond acceptors (Lipinski definition) is 3. The van der Waals surface area contributed by atoms with Crippen molar-refractivity contribution < 1.29 is 23.4 Å². The molecule has 6 heteroatoms. The Bertz CT molecular complexity index is 192. The Morgan fingerprint density at radius 3 is 2.59 bits per heavy atom. The fourth-order valence-electron chi connectivity index (χ4n) is 1.24. The van der Waals surface area contributed by atoms with E-state index in [-0.39, 0.29) is 25.5 Å². The molecule has 0 unspecified atom stereocenters. The van der Waals surface area contributed by atoms with Gasteiger partial charge in [-0.3, -0.25) is 4.79 Å². The zero-order valence-corrected chi connectivity index (χ0v) is 9.96. The van der Waals surface area contributed by atoms with Crippen molar-refractivity contribution in [2.45, 2.75) is 38.5 Å². The van der Waals surface area contributed by atoms with E-state index in [1.54, 1.807) is 0 Å². The fourth-order valence-corrected chi connectivity index (χ4v) is 1.24. The zero-order chi connectivity index (χ0) is 12.9. The minimum absolute atomic E-state index is 0.0285. The van der Waals surface area contributed by atoms with Crippen LogP contribution in [0.15, 0.2) is 0 Å². The topological polar surface area (TPSA) is 58.6 Å². The number of halogens is 2. The predicted molar refractivity (Wildman–Crippen MR) is 60.0 cm³/mol. The van der Waals surface area contributed by atoms with Crippen LogP contribution in [0.2, 0.25) is 0 Å². The molecule has 0 aromatic rings. The van der Waals surface area contributed by atoms with E-state index in [2.05, 4.69) is 10.1 Å². The van der Waals surface area contributed by atoms with Crippen molar-refractivity contribution in [1.82, 2.24) is 5.32 Å². The van der Waals surface area contributed by atoms with Gasteiger partial charge in [0.25, 0.3) is 6.43 Å². The summed E-state index contributed by atoms with van der Waals surface area (Å²) in [6.07, 6.45) is 1.19. The lowest BCUT2D eigenvalue weighted by Gasteiger charge is -2.05. The van der Waals surface area contributed by atoms with Crippen molar-refractivity contribution in [2.75, 3.05) is 26.4 Å². The second-order valence-electron chi connectivity index (χ2n) is 3.70. The number of aliphatic hydroxyl groups is 1. The Morgan fingerprint density at radius 2 is 1.94 bits per heavy atom. The van der Waals surface area contributed by atoms with Crippen LogP contribution in [0, 0.1) is 0 Å². The third-order valence-corrected chi connectivity index (χ3v) is 2.12. The van der Waals surface area contributed by atoms with Crippen molar-refractivity contribution >= 4 is 5.91 Å². The number of alkyl halides is 2. The van der Waals surface area contributed by atoms with Gasteiger partial charge in [-0.15, -0.1) is 0 Å². The van der Waals surface area contributed by atoms with Crippen molar-refractivity contribution in [3.63, 3.8) is 0 Å². The summed E-state index contributed by atoms with van der Waals surface area (Å²) < 4.78 is 27.9. The summed E-state index contributed by atoms with van der Waals surface area (Å²) in [5, 5.41) is 11.2. The van der Waals surface area contributed by atoms with Crippen LogP contribution in [0.3, 0.4) is 0 Å². The van der Waals surface area contributed by atoms with Crippen LogP contribution in [0.5, 0.6) is 0 Å². The second kappa shape index (κ2) is 11.7. The summed E-state index contributed by atoms with van der Waals surface area (Å²) in [5.41, 5.74) is 0. The molecule has 0 spiro atoms. The molecule has 0 bridgehead atoms. The molecule has 0 aromatic carbocycles. The van der Waals surface area contributed by atoms with E-state index in [0.717, 1.165) is 25.7 Å². The molecule has 0 atom stereocenters. The molecule has 0 aliphatic rings. The van der Waals surface area contributed by atoms with E-state index in [1.807, 2.05) is 0 Å². The average Bonchev–Trinajstić information content (AvgIpc) is 2.29. The average molecular weight is 253 g/mol. The molecule has 2 N–H and O–H groups in total. The number of hydrogen-bond donors (Lipinski definition) is 2. The number of ether oxygens (including phenoxy) is 1. The Kier molecular flexibility index (Phi) is 11.2. The number of rotatable bonds is 11. The summed E-state index contributed by atoms with van der Waals surface area (Å²) >= 11 is 0. The first-order valence-electron chi connectivity index (χ1n) is 5.90. The van der Waals surface area contributed by atoms with E-state index >= 15 is 0 Å². The summed E-state index contributed by atoms with van der Waals surface area (Å²) in [6.45, 7) is 0.196. The quantitative estimate of drug-likeness (QED) is 0.546. The maximum atomic E-state index is 11.7. The van der Waals surface area contributed by atoms with Gasteiger partial charge in [0.1, 0.15) is 6.61 Å². The zero-order valence-electron chi connectivity index (χ0n) is 9.96. The summed E-state index contributed by atoms with van der Waals surface area (Å²) in [5.74, 6) is -0.179. The molecule has 0 fully saturated rings. The Labute approximate surface area is 100 Å². The van der Waals surface area contributed by atoms with Crippen molar-refractivity contribution in [1.29, 1.82) is 0 Å². The second-order valence-corrected chi connectivity index (χ2v) is 3.70. The number of aliphatic hydroxyl groups excluding tert-OH is 1. The van der Waals surface area contributed by atoms with E-state index in [9.17, 15) is 13.6 Å². The summed E-state index contributed by atoms with van der Waals surface area (Å²) in [4.78, 5) is 11.2.